The van der Waals surface area contributed by atoms with Gasteiger partial charge in [0.15, 0.2) is 11.5 Å². The van der Waals surface area contributed by atoms with Gasteiger partial charge in [-0.2, -0.15) is 0 Å². The highest BCUT2D eigenvalue weighted by atomic mass is 79.9. The SMILES string of the molecule is CN(CC(=O)Nc1ccccc1Br)C(=O)[C@H]1COc2ccccc2O1. The van der Waals surface area contributed by atoms with Gasteiger partial charge in [-0.1, -0.05) is 24.3 Å². The number of hydrogen-bond donors (Lipinski definition) is 1. The van der Waals surface area contributed by atoms with Crippen molar-refractivity contribution < 1.29 is 19.1 Å². The van der Waals surface area contributed by atoms with E-state index in [9.17, 15) is 9.59 Å². The van der Waals surface area contributed by atoms with Crippen LogP contribution in [-0.2, 0) is 9.59 Å². The zero-order valence-corrected chi connectivity index (χ0v) is 15.2. The molecule has 0 bridgehead atoms. The van der Waals surface area contributed by atoms with Crippen LogP contribution in [0.15, 0.2) is 53.0 Å². The number of rotatable bonds is 4. The molecule has 0 aliphatic carbocycles. The molecule has 0 spiro atoms. The molecule has 0 aromatic heterocycles. The molecule has 6 nitrogen and oxygen atoms in total. The van der Waals surface area contributed by atoms with E-state index >= 15 is 0 Å². The molecule has 2 amide bonds. The predicted molar refractivity (Wildman–Crippen MR) is 96.8 cm³/mol. The van der Waals surface area contributed by atoms with E-state index in [1.165, 1.54) is 4.90 Å². The van der Waals surface area contributed by atoms with Crippen LogP contribution >= 0.6 is 15.9 Å². The lowest BCUT2D eigenvalue weighted by atomic mass is 10.2. The maximum Gasteiger partial charge on any atom is 0.267 e. The Morgan fingerprint density at radius 1 is 1.16 bits per heavy atom. The van der Waals surface area contributed by atoms with Crippen LogP contribution in [0.4, 0.5) is 5.69 Å². The fourth-order valence-electron chi connectivity index (χ4n) is 2.43. The summed E-state index contributed by atoms with van der Waals surface area (Å²) in [4.78, 5) is 26.0. The topological polar surface area (TPSA) is 67.9 Å². The van der Waals surface area contributed by atoms with Crippen molar-refractivity contribution >= 4 is 33.4 Å². The zero-order chi connectivity index (χ0) is 17.8. The number of hydrogen-bond acceptors (Lipinski definition) is 4. The summed E-state index contributed by atoms with van der Waals surface area (Å²) in [5.74, 6) is 0.538. The molecule has 0 saturated heterocycles. The molecular formula is C18H17BrN2O4. The molecule has 25 heavy (non-hydrogen) atoms. The summed E-state index contributed by atoms with van der Waals surface area (Å²) in [5, 5.41) is 2.76. The van der Waals surface area contributed by atoms with Gasteiger partial charge >= 0.3 is 0 Å². The normalized spacial score (nSPS) is 15.4. The Bertz CT molecular complexity index is 796. The van der Waals surface area contributed by atoms with E-state index in [2.05, 4.69) is 21.2 Å². The van der Waals surface area contributed by atoms with Crippen LogP contribution in [0.1, 0.15) is 0 Å². The average Bonchev–Trinajstić information content (AvgIpc) is 2.62. The summed E-state index contributed by atoms with van der Waals surface area (Å²) in [6.07, 6.45) is -0.767. The van der Waals surface area contributed by atoms with Gasteiger partial charge < -0.3 is 19.7 Å². The number of nitrogens with zero attached hydrogens (tertiary/aromatic N) is 1. The van der Waals surface area contributed by atoms with Crippen molar-refractivity contribution in [1.82, 2.24) is 4.90 Å². The minimum atomic E-state index is -0.767. The molecule has 0 unspecified atom stereocenters. The minimum absolute atomic E-state index is 0.0817. The third-order valence-electron chi connectivity index (χ3n) is 3.69. The van der Waals surface area contributed by atoms with Crippen LogP contribution in [0.3, 0.4) is 0 Å². The van der Waals surface area contributed by atoms with Gasteiger partial charge in [-0.3, -0.25) is 9.59 Å². The number of carbonyl (C=O) groups excluding carboxylic acids is 2. The largest absolute Gasteiger partial charge is 0.485 e. The van der Waals surface area contributed by atoms with E-state index in [-0.39, 0.29) is 25.0 Å². The summed E-state index contributed by atoms with van der Waals surface area (Å²) in [6, 6.07) is 14.5. The van der Waals surface area contributed by atoms with E-state index in [1.807, 2.05) is 30.3 Å². The van der Waals surface area contributed by atoms with Crippen LogP contribution in [0.5, 0.6) is 11.5 Å². The lowest BCUT2D eigenvalue weighted by Gasteiger charge is -2.28. The second kappa shape index (κ2) is 7.57. The van der Waals surface area contributed by atoms with Crippen molar-refractivity contribution in [3.05, 3.63) is 53.0 Å². The second-order valence-corrected chi connectivity index (χ2v) is 6.44. The second-order valence-electron chi connectivity index (χ2n) is 5.59. The molecule has 0 fully saturated rings. The van der Waals surface area contributed by atoms with Gasteiger partial charge in [0.1, 0.15) is 6.61 Å². The Balaban J connectivity index is 1.58. The van der Waals surface area contributed by atoms with E-state index in [1.54, 1.807) is 25.2 Å². The number of likely N-dealkylation sites (N-methyl/N-ethyl adjacent to an activating group) is 1. The number of nitrogens with one attached hydrogen (secondary N) is 1. The van der Waals surface area contributed by atoms with Crippen molar-refractivity contribution in [3.8, 4) is 11.5 Å². The molecule has 130 valence electrons. The van der Waals surface area contributed by atoms with Crippen LogP contribution in [-0.4, -0.2) is 43.0 Å². The molecule has 1 heterocycles. The molecule has 1 atom stereocenters. The van der Waals surface area contributed by atoms with E-state index < -0.39 is 6.10 Å². The summed E-state index contributed by atoms with van der Waals surface area (Å²) >= 11 is 3.37. The Morgan fingerprint density at radius 2 is 1.84 bits per heavy atom. The summed E-state index contributed by atoms with van der Waals surface area (Å²) in [5.41, 5.74) is 0.652. The standard InChI is InChI=1S/C18H17BrN2O4/c1-21(10-17(22)20-13-7-3-2-6-12(13)19)18(23)16-11-24-14-8-4-5-9-15(14)25-16/h2-9,16H,10-11H2,1H3,(H,20,22)/t16-/m1/s1. The first-order valence-electron chi connectivity index (χ1n) is 7.72. The highest BCUT2D eigenvalue weighted by molar-refractivity contribution is 9.10. The molecule has 1 aliphatic heterocycles. The van der Waals surface area contributed by atoms with Gasteiger partial charge in [0, 0.05) is 11.5 Å². The number of benzene rings is 2. The van der Waals surface area contributed by atoms with Crippen molar-refractivity contribution in [1.29, 1.82) is 0 Å². The Hall–Kier alpha value is -2.54. The first-order chi connectivity index (χ1) is 12.0. The summed E-state index contributed by atoms with van der Waals surface area (Å²) < 4.78 is 12.0. The van der Waals surface area contributed by atoms with E-state index in [4.69, 9.17) is 9.47 Å². The van der Waals surface area contributed by atoms with E-state index in [0.717, 1.165) is 4.47 Å². The number of halogens is 1. The van der Waals surface area contributed by atoms with Crippen molar-refractivity contribution in [2.75, 3.05) is 25.5 Å². The maximum absolute atomic E-state index is 12.5. The molecule has 1 N–H and O–H groups in total. The molecular weight excluding hydrogens is 388 g/mol. The molecule has 0 saturated carbocycles. The molecule has 3 rings (SSSR count). The Kier molecular flexibility index (Phi) is 5.23. The minimum Gasteiger partial charge on any atom is -0.485 e. The lowest BCUT2D eigenvalue weighted by Crippen LogP contribution is -2.47. The monoisotopic (exact) mass is 404 g/mol. The molecule has 7 heteroatoms. The van der Waals surface area contributed by atoms with Gasteiger partial charge in [-0.15, -0.1) is 0 Å². The quantitative estimate of drug-likeness (QED) is 0.850. The number of anilines is 1. The number of ether oxygens (including phenoxy) is 2. The number of para-hydroxylation sites is 3. The van der Waals surface area contributed by atoms with Crippen LogP contribution in [0, 0.1) is 0 Å². The molecule has 2 aromatic carbocycles. The van der Waals surface area contributed by atoms with Crippen molar-refractivity contribution in [3.63, 3.8) is 0 Å². The average molecular weight is 405 g/mol. The lowest BCUT2D eigenvalue weighted by molar-refractivity contribution is -0.141. The number of carbonyl (C=O) groups is 2. The number of amides is 2. The van der Waals surface area contributed by atoms with Crippen LogP contribution in [0.25, 0.3) is 0 Å². The zero-order valence-electron chi connectivity index (χ0n) is 13.6. The van der Waals surface area contributed by atoms with Crippen molar-refractivity contribution in [2.45, 2.75) is 6.10 Å². The summed E-state index contributed by atoms with van der Waals surface area (Å²) in [6.45, 7) is 0.0354. The molecule has 1 aliphatic rings. The third kappa shape index (κ3) is 4.11. The smallest absolute Gasteiger partial charge is 0.267 e. The fourth-order valence-corrected chi connectivity index (χ4v) is 2.82. The van der Waals surface area contributed by atoms with Gasteiger partial charge in [-0.05, 0) is 40.2 Å². The van der Waals surface area contributed by atoms with Gasteiger partial charge in [0.2, 0.25) is 12.0 Å². The van der Waals surface area contributed by atoms with Crippen LogP contribution in [0.2, 0.25) is 0 Å². The predicted octanol–water partition coefficient (Wildman–Crippen LogP) is 2.69. The first-order valence-corrected chi connectivity index (χ1v) is 8.52. The molecule has 0 radical (unpaired) electrons. The van der Waals surface area contributed by atoms with E-state index in [0.29, 0.717) is 17.2 Å². The maximum atomic E-state index is 12.5. The highest BCUT2D eigenvalue weighted by Crippen LogP contribution is 2.31. The number of fused-ring (bicyclic) bond motifs is 1. The van der Waals surface area contributed by atoms with Crippen molar-refractivity contribution in [2.24, 2.45) is 0 Å². The summed E-state index contributed by atoms with van der Waals surface area (Å²) in [7, 11) is 1.56. The first kappa shape index (κ1) is 17.3. The fraction of sp³-hybridized carbons (Fsp3) is 0.222. The third-order valence-corrected chi connectivity index (χ3v) is 4.38. The highest BCUT2D eigenvalue weighted by Gasteiger charge is 2.30. The van der Waals surface area contributed by atoms with Gasteiger partial charge in [-0.25, -0.2) is 0 Å². The molecule has 2 aromatic rings. The van der Waals surface area contributed by atoms with Gasteiger partial charge in [0.05, 0.1) is 12.2 Å². The Morgan fingerprint density at radius 3 is 2.60 bits per heavy atom. The van der Waals surface area contributed by atoms with Gasteiger partial charge in [0.25, 0.3) is 5.91 Å². The van der Waals surface area contributed by atoms with Crippen LogP contribution < -0.4 is 14.8 Å². The Labute approximate surface area is 153 Å².